The summed E-state index contributed by atoms with van der Waals surface area (Å²) in [6.07, 6.45) is 0. The van der Waals surface area contributed by atoms with E-state index in [0.29, 0.717) is 5.69 Å². The highest BCUT2D eigenvalue weighted by molar-refractivity contribution is 5.93. The summed E-state index contributed by atoms with van der Waals surface area (Å²) in [6.45, 7) is 0. The predicted molar refractivity (Wildman–Crippen MR) is 50.9 cm³/mol. The van der Waals surface area contributed by atoms with Crippen molar-refractivity contribution in [1.29, 1.82) is 0 Å². The number of nitrogens with one attached hydrogen (secondary N) is 1. The first-order valence-corrected chi connectivity index (χ1v) is 3.78. The van der Waals surface area contributed by atoms with Crippen LogP contribution in [0.25, 0.3) is 10.8 Å². The zero-order valence-corrected chi connectivity index (χ0v) is 6.45. The molecule has 0 bridgehead atoms. The van der Waals surface area contributed by atoms with Gasteiger partial charge in [0.2, 0.25) is 0 Å². The topological polar surface area (TPSA) is 35.1 Å². The quantitative estimate of drug-likeness (QED) is 0.647. The first kappa shape index (κ1) is 7.13. The van der Waals surface area contributed by atoms with E-state index in [0.717, 1.165) is 10.8 Å². The number of benzene rings is 2. The molecule has 0 atom stereocenters. The largest absolute Gasteiger partial charge is 0.761 e. The van der Waals surface area contributed by atoms with Crippen LogP contribution < -0.4 is 5.48 Å². The third-order valence-electron chi connectivity index (χ3n) is 1.90. The van der Waals surface area contributed by atoms with E-state index in [9.17, 15) is 5.21 Å². The lowest BCUT2D eigenvalue weighted by Gasteiger charge is -2.11. The van der Waals surface area contributed by atoms with E-state index in [1.54, 1.807) is 6.07 Å². The highest BCUT2D eigenvalue weighted by Crippen LogP contribution is 2.21. The summed E-state index contributed by atoms with van der Waals surface area (Å²) < 4.78 is 0. The number of hydrogen-bond donors (Lipinski definition) is 1. The van der Waals surface area contributed by atoms with Crippen molar-refractivity contribution in [2.45, 2.75) is 0 Å². The lowest BCUT2D eigenvalue weighted by Crippen LogP contribution is -1.85. The van der Waals surface area contributed by atoms with E-state index in [2.05, 4.69) is 0 Å². The van der Waals surface area contributed by atoms with E-state index in [1.165, 1.54) is 0 Å². The van der Waals surface area contributed by atoms with Crippen LogP contribution in [0, 0.1) is 5.21 Å². The van der Waals surface area contributed by atoms with Gasteiger partial charge in [0.25, 0.3) is 0 Å². The zero-order chi connectivity index (χ0) is 8.39. The van der Waals surface area contributed by atoms with Crippen molar-refractivity contribution in [3.8, 4) is 0 Å². The van der Waals surface area contributed by atoms with Gasteiger partial charge in [0.15, 0.2) is 0 Å². The van der Waals surface area contributed by atoms with Gasteiger partial charge in [-0.3, -0.25) is 0 Å². The molecule has 60 valence electrons. The van der Waals surface area contributed by atoms with Crippen LogP contribution >= 0.6 is 0 Å². The van der Waals surface area contributed by atoms with Gasteiger partial charge < -0.3 is 10.7 Å². The van der Waals surface area contributed by atoms with Crippen molar-refractivity contribution in [3.05, 3.63) is 47.7 Å². The molecular weight excluding hydrogens is 150 g/mol. The molecule has 0 fully saturated rings. The molecule has 0 amide bonds. The van der Waals surface area contributed by atoms with Crippen LogP contribution in [0.1, 0.15) is 0 Å². The molecule has 2 aromatic rings. The Morgan fingerprint density at radius 2 is 1.67 bits per heavy atom. The summed E-state index contributed by atoms with van der Waals surface area (Å²) in [5.41, 5.74) is 2.55. The van der Waals surface area contributed by atoms with Gasteiger partial charge in [-0.2, -0.15) is 0 Å². The second kappa shape index (κ2) is 2.83. The van der Waals surface area contributed by atoms with Crippen LogP contribution in [0.5, 0.6) is 0 Å². The van der Waals surface area contributed by atoms with Gasteiger partial charge in [-0.25, -0.2) is 0 Å². The van der Waals surface area contributed by atoms with Crippen molar-refractivity contribution in [3.63, 3.8) is 0 Å². The molecule has 0 unspecified atom stereocenters. The van der Waals surface area contributed by atoms with E-state index in [4.69, 9.17) is 0 Å². The van der Waals surface area contributed by atoms with E-state index >= 15 is 0 Å². The van der Waals surface area contributed by atoms with Crippen LogP contribution in [-0.4, -0.2) is 0 Å². The molecular formula is C10H8NO-. The summed E-state index contributed by atoms with van der Waals surface area (Å²) in [4.78, 5) is 0. The average molecular weight is 158 g/mol. The van der Waals surface area contributed by atoms with Gasteiger partial charge in [0.1, 0.15) is 0 Å². The van der Waals surface area contributed by atoms with Crippen LogP contribution in [0.15, 0.2) is 42.5 Å². The fourth-order valence-corrected chi connectivity index (χ4v) is 1.31. The molecule has 12 heavy (non-hydrogen) atoms. The molecule has 0 heterocycles. The highest BCUT2D eigenvalue weighted by Gasteiger charge is 1.93. The Labute approximate surface area is 70.4 Å². The Morgan fingerprint density at radius 1 is 0.917 bits per heavy atom. The maximum absolute atomic E-state index is 10.5. The summed E-state index contributed by atoms with van der Waals surface area (Å²) in [7, 11) is 0. The SMILES string of the molecule is [O-]Nc1cccc2ccccc12. The van der Waals surface area contributed by atoms with E-state index < -0.39 is 0 Å². The lowest BCUT2D eigenvalue weighted by atomic mass is 10.1. The molecule has 0 aliphatic heterocycles. The Kier molecular flexibility index (Phi) is 1.68. The molecule has 2 rings (SSSR count). The minimum absolute atomic E-state index is 0.633. The normalized spacial score (nSPS) is 10.1. The molecule has 2 heteroatoms. The molecule has 0 aliphatic carbocycles. The fraction of sp³-hybridized carbons (Fsp3) is 0. The molecule has 0 radical (unpaired) electrons. The van der Waals surface area contributed by atoms with Crippen molar-refractivity contribution in [2.75, 3.05) is 5.48 Å². The number of anilines is 1. The Hall–Kier alpha value is -1.54. The predicted octanol–water partition coefficient (Wildman–Crippen LogP) is 2.75. The molecule has 2 nitrogen and oxygen atoms in total. The average Bonchev–Trinajstić information content (AvgIpc) is 2.17. The third kappa shape index (κ3) is 1.02. The van der Waals surface area contributed by atoms with Gasteiger partial charge in [0, 0.05) is 11.1 Å². The monoisotopic (exact) mass is 158 g/mol. The Morgan fingerprint density at radius 3 is 2.50 bits per heavy atom. The standard InChI is InChI=1S/C10H8NO/c12-11-10-7-3-5-8-4-1-2-6-9(8)10/h1-7,11H/q-1. The van der Waals surface area contributed by atoms with Crippen LogP contribution in [0.2, 0.25) is 0 Å². The second-order valence-electron chi connectivity index (χ2n) is 2.63. The van der Waals surface area contributed by atoms with Gasteiger partial charge in [-0.15, -0.1) is 0 Å². The fourth-order valence-electron chi connectivity index (χ4n) is 1.31. The second-order valence-corrected chi connectivity index (χ2v) is 2.63. The molecule has 0 aliphatic rings. The summed E-state index contributed by atoms with van der Waals surface area (Å²) >= 11 is 0. The molecule has 0 spiro atoms. The minimum Gasteiger partial charge on any atom is -0.761 e. The molecule has 0 saturated heterocycles. The molecule has 0 saturated carbocycles. The highest BCUT2D eigenvalue weighted by atomic mass is 16.5. The Balaban J connectivity index is 2.79. The van der Waals surface area contributed by atoms with Gasteiger partial charge in [-0.1, -0.05) is 36.4 Å². The van der Waals surface area contributed by atoms with Crippen LogP contribution in [0.4, 0.5) is 5.69 Å². The summed E-state index contributed by atoms with van der Waals surface area (Å²) in [5, 5.41) is 12.5. The van der Waals surface area contributed by atoms with E-state index in [1.807, 2.05) is 41.9 Å². The van der Waals surface area contributed by atoms with Gasteiger partial charge in [-0.05, 0) is 11.5 Å². The maximum Gasteiger partial charge on any atom is 0.0312 e. The molecule has 1 N–H and O–H groups in total. The van der Waals surface area contributed by atoms with Crippen LogP contribution in [-0.2, 0) is 0 Å². The number of fused-ring (bicyclic) bond motifs is 1. The molecule has 2 aromatic carbocycles. The number of hydrogen-bond acceptors (Lipinski definition) is 2. The number of rotatable bonds is 1. The van der Waals surface area contributed by atoms with Gasteiger partial charge in [0.05, 0.1) is 0 Å². The van der Waals surface area contributed by atoms with Crippen LogP contribution in [0.3, 0.4) is 0 Å². The minimum atomic E-state index is 0.633. The van der Waals surface area contributed by atoms with Crippen molar-refractivity contribution in [1.82, 2.24) is 0 Å². The summed E-state index contributed by atoms with van der Waals surface area (Å²) in [6, 6.07) is 13.4. The van der Waals surface area contributed by atoms with Gasteiger partial charge >= 0.3 is 0 Å². The smallest absolute Gasteiger partial charge is 0.0312 e. The maximum atomic E-state index is 10.5. The Bertz CT molecular complexity index is 392. The third-order valence-corrected chi connectivity index (χ3v) is 1.90. The zero-order valence-electron chi connectivity index (χ0n) is 6.45. The van der Waals surface area contributed by atoms with E-state index in [-0.39, 0.29) is 0 Å². The first-order chi connectivity index (χ1) is 5.92. The summed E-state index contributed by atoms with van der Waals surface area (Å²) in [5.74, 6) is 0. The molecule has 0 aromatic heterocycles. The first-order valence-electron chi connectivity index (χ1n) is 3.78. The van der Waals surface area contributed by atoms with Crippen molar-refractivity contribution >= 4 is 16.5 Å². The van der Waals surface area contributed by atoms with Crippen molar-refractivity contribution in [2.24, 2.45) is 0 Å². The lowest BCUT2D eigenvalue weighted by molar-refractivity contribution is 1.65. The van der Waals surface area contributed by atoms with Crippen molar-refractivity contribution < 1.29 is 0 Å².